The van der Waals surface area contributed by atoms with E-state index in [-0.39, 0.29) is 23.9 Å². The van der Waals surface area contributed by atoms with E-state index in [0.29, 0.717) is 62.8 Å². The fraction of sp³-hybridized carbons (Fsp3) is 0.520. The molecule has 2 aliphatic carbocycles. The van der Waals surface area contributed by atoms with E-state index >= 15 is 0 Å². The second kappa shape index (κ2) is 11.2. The summed E-state index contributed by atoms with van der Waals surface area (Å²) in [7, 11) is 1.77. The van der Waals surface area contributed by atoms with Crippen molar-refractivity contribution in [3.05, 3.63) is 33.4 Å². The van der Waals surface area contributed by atoms with E-state index in [4.69, 9.17) is 55.2 Å². The molecule has 2 fully saturated rings. The number of hydrogen-bond donors (Lipinski definition) is 3. The van der Waals surface area contributed by atoms with Crippen LogP contribution in [-0.4, -0.2) is 44.7 Å². The first-order valence-corrected chi connectivity index (χ1v) is 13.7. The highest BCUT2D eigenvalue weighted by Gasteiger charge is 2.30. The van der Waals surface area contributed by atoms with Gasteiger partial charge in [0.05, 0.1) is 28.0 Å². The Morgan fingerprint density at radius 3 is 2.32 bits per heavy atom. The van der Waals surface area contributed by atoms with Crippen LogP contribution in [0.1, 0.15) is 57.4 Å². The van der Waals surface area contributed by atoms with Crippen molar-refractivity contribution in [1.29, 1.82) is 0 Å². The lowest BCUT2D eigenvalue weighted by Gasteiger charge is -2.29. The first-order chi connectivity index (χ1) is 17.8. The molecule has 2 heterocycles. The van der Waals surface area contributed by atoms with E-state index < -0.39 is 0 Å². The van der Waals surface area contributed by atoms with Crippen molar-refractivity contribution in [2.45, 2.75) is 69.6 Å². The number of carbonyl (C=O) groups excluding carboxylic acids is 1. The minimum absolute atomic E-state index is 0.0628. The van der Waals surface area contributed by atoms with Crippen LogP contribution in [-0.2, 0) is 9.53 Å². The largest absolute Gasteiger partial charge is 0.381 e. The zero-order valence-corrected chi connectivity index (χ0v) is 22.8. The number of fused-ring (bicyclic) bond motifs is 1. The summed E-state index contributed by atoms with van der Waals surface area (Å²) in [6, 6.07) is 3.61. The van der Waals surface area contributed by atoms with E-state index in [1.165, 1.54) is 0 Å². The van der Waals surface area contributed by atoms with Crippen molar-refractivity contribution in [2.24, 2.45) is 11.7 Å². The molecule has 0 atom stereocenters. The van der Waals surface area contributed by atoms with Gasteiger partial charge in [-0.2, -0.15) is 4.98 Å². The summed E-state index contributed by atoms with van der Waals surface area (Å²) in [5, 5.41) is 8.01. The highest BCUT2D eigenvalue weighted by atomic mass is 35.5. The Kier molecular flexibility index (Phi) is 7.95. The molecule has 3 aromatic rings. The molecule has 12 heteroatoms. The minimum atomic E-state index is -0.246. The fourth-order valence-electron chi connectivity index (χ4n) is 5.41. The Labute approximate surface area is 230 Å². The van der Waals surface area contributed by atoms with Crippen LogP contribution in [0.15, 0.2) is 18.3 Å². The number of nitrogens with two attached hydrogens (primary N) is 1. The normalized spacial score (nSPS) is 24.2. The smallest absolute Gasteiger partial charge is 0.224 e. The van der Waals surface area contributed by atoms with Gasteiger partial charge in [0.2, 0.25) is 17.8 Å². The number of hydrogen-bond acceptors (Lipinski definition) is 7. The van der Waals surface area contributed by atoms with Gasteiger partial charge < -0.3 is 21.1 Å². The summed E-state index contributed by atoms with van der Waals surface area (Å²) in [5.74, 6) is 0.755. The number of carbonyl (C=O) groups is 1. The van der Waals surface area contributed by atoms with Crippen LogP contribution in [0.4, 0.5) is 17.6 Å². The Balaban J connectivity index is 1.48. The van der Waals surface area contributed by atoms with Crippen LogP contribution in [0.5, 0.6) is 0 Å². The number of nitrogens with one attached hydrogen (secondary N) is 2. The Morgan fingerprint density at radius 1 is 1.03 bits per heavy atom. The van der Waals surface area contributed by atoms with E-state index in [9.17, 15) is 4.79 Å². The van der Waals surface area contributed by atoms with Gasteiger partial charge in [-0.05, 0) is 63.5 Å². The molecule has 1 aromatic carbocycles. The predicted octanol–water partition coefficient (Wildman–Crippen LogP) is 6.12. The van der Waals surface area contributed by atoms with Crippen LogP contribution >= 0.6 is 34.8 Å². The zero-order chi connectivity index (χ0) is 26.1. The third-order valence-electron chi connectivity index (χ3n) is 7.48. The molecule has 2 aliphatic rings. The summed E-state index contributed by atoms with van der Waals surface area (Å²) in [5.41, 5.74) is 7.44. The van der Waals surface area contributed by atoms with Gasteiger partial charge in [0.25, 0.3) is 0 Å². The topological polar surface area (TPSA) is 120 Å². The maximum Gasteiger partial charge on any atom is 0.224 e. The van der Waals surface area contributed by atoms with Crippen molar-refractivity contribution in [3.8, 4) is 0 Å². The van der Waals surface area contributed by atoms with Gasteiger partial charge in [-0.1, -0.05) is 34.8 Å². The highest BCUT2D eigenvalue weighted by Crippen LogP contribution is 2.40. The van der Waals surface area contributed by atoms with E-state index in [1.807, 2.05) is 0 Å². The van der Waals surface area contributed by atoms with Gasteiger partial charge in [-0.3, -0.25) is 9.36 Å². The molecular weight excluding hydrogens is 537 g/mol. The maximum atomic E-state index is 11.8. The first-order valence-electron chi connectivity index (χ1n) is 12.6. The maximum absolute atomic E-state index is 11.8. The summed E-state index contributed by atoms with van der Waals surface area (Å²) >= 11 is 19.0. The summed E-state index contributed by atoms with van der Waals surface area (Å²) in [6.07, 6.45) is 9.01. The molecule has 0 spiro atoms. The average molecular weight is 567 g/mol. The highest BCUT2D eigenvalue weighted by molar-refractivity contribution is 6.41. The monoisotopic (exact) mass is 565 g/mol. The number of imidazole rings is 1. The van der Waals surface area contributed by atoms with Crippen LogP contribution in [0.25, 0.3) is 11.2 Å². The van der Waals surface area contributed by atoms with Gasteiger partial charge >= 0.3 is 0 Å². The minimum Gasteiger partial charge on any atom is -0.381 e. The number of aromatic nitrogens is 4. The van der Waals surface area contributed by atoms with Crippen molar-refractivity contribution in [3.63, 3.8) is 0 Å². The van der Waals surface area contributed by atoms with Gasteiger partial charge in [-0.25, -0.2) is 9.97 Å². The number of benzene rings is 1. The zero-order valence-electron chi connectivity index (χ0n) is 20.5. The Bertz CT molecular complexity index is 1260. The lowest BCUT2D eigenvalue weighted by molar-refractivity contribution is -0.122. The molecule has 0 unspecified atom stereocenters. The molecule has 1 amide bonds. The summed E-state index contributed by atoms with van der Waals surface area (Å²) < 4.78 is 7.57. The standard InChI is InChI=1S/C25H30Cl3N7O2/c1-37-17-8-4-15(5-9-17)31-24-30-12-20-23(34-24)35(16-6-2-13(3-7-16)22(29)36)25(32-20)33-21-18(27)10-14(26)11-19(21)28/h10-13,15-17H,2-9H2,1H3,(H2,29,36)(H,32,33)(H,30,31,34)/t13-,15-,16+,17-. The molecule has 9 nitrogen and oxygen atoms in total. The van der Waals surface area contributed by atoms with E-state index in [2.05, 4.69) is 20.2 Å². The molecule has 37 heavy (non-hydrogen) atoms. The number of nitrogens with zero attached hydrogens (tertiary/aromatic N) is 4. The van der Waals surface area contributed by atoms with E-state index in [1.54, 1.807) is 25.4 Å². The summed E-state index contributed by atoms with van der Waals surface area (Å²) in [4.78, 5) is 26.0. The molecule has 2 saturated carbocycles. The molecule has 198 valence electrons. The number of anilines is 3. The third-order valence-corrected chi connectivity index (χ3v) is 8.30. The molecule has 0 radical (unpaired) electrons. The Morgan fingerprint density at radius 2 is 1.70 bits per heavy atom. The predicted molar refractivity (Wildman–Crippen MR) is 147 cm³/mol. The number of amides is 1. The second-order valence-corrected chi connectivity index (χ2v) is 11.1. The van der Waals surface area contributed by atoms with Gasteiger partial charge in [0.15, 0.2) is 5.65 Å². The van der Waals surface area contributed by atoms with Crippen molar-refractivity contribution >= 4 is 69.5 Å². The van der Waals surface area contributed by atoms with Crippen LogP contribution in [0, 0.1) is 5.92 Å². The van der Waals surface area contributed by atoms with Crippen LogP contribution in [0.2, 0.25) is 15.1 Å². The molecule has 0 saturated heterocycles. The third kappa shape index (κ3) is 5.74. The van der Waals surface area contributed by atoms with Gasteiger partial charge in [-0.15, -0.1) is 0 Å². The molecule has 0 aliphatic heterocycles. The SMILES string of the molecule is CO[C@H]1CC[C@H](Nc2ncc3nc(Nc4c(Cl)cc(Cl)cc4Cl)n([C@H]4CC[C@@H](C(N)=O)CC4)c3n2)CC1. The molecule has 0 bridgehead atoms. The van der Waals surface area contributed by atoms with E-state index in [0.717, 1.165) is 38.5 Å². The van der Waals surface area contributed by atoms with Gasteiger partial charge in [0.1, 0.15) is 5.52 Å². The number of rotatable bonds is 7. The van der Waals surface area contributed by atoms with Crippen molar-refractivity contribution in [1.82, 2.24) is 19.5 Å². The van der Waals surface area contributed by atoms with Crippen molar-refractivity contribution in [2.75, 3.05) is 17.7 Å². The quantitative estimate of drug-likeness (QED) is 0.315. The second-order valence-electron chi connectivity index (χ2n) is 9.84. The average Bonchev–Trinajstić information content (AvgIpc) is 3.24. The molecule has 2 aromatic heterocycles. The molecular formula is C25H30Cl3N7O2. The molecule has 5 rings (SSSR count). The lowest BCUT2D eigenvalue weighted by atomic mass is 9.85. The number of primary amides is 1. The van der Waals surface area contributed by atoms with Crippen LogP contribution < -0.4 is 16.4 Å². The first kappa shape index (κ1) is 26.3. The van der Waals surface area contributed by atoms with Crippen molar-refractivity contribution < 1.29 is 9.53 Å². The number of halogens is 3. The van der Waals surface area contributed by atoms with Gasteiger partial charge in [0, 0.05) is 30.1 Å². The molecule has 4 N–H and O–H groups in total. The lowest BCUT2D eigenvalue weighted by Crippen LogP contribution is -2.30. The number of methoxy groups -OCH3 is 1. The van der Waals surface area contributed by atoms with Crippen LogP contribution in [0.3, 0.4) is 0 Å². The Hall–Kier alpha value is -2.33. The number of ether oxygens (including phenoxy) is 1. The fourth-order valence-corrected chi connectivity index (χ4v) is 6.32. The summed E-state index contributed by atoms with van der Waals surface area (Å²) in [6.45, 7) is 0.